The third-order valence-electron chi connectivity index (χ3n) is 2.12. The van der Waals surface area contributed by atoms with Crippen LogP contribution in [0.4, 0.5) is 4.79 Å². The Morgan fingerprint density at radius 3 is 2.36 bits per heavy atom. The average molecular weight is 311 g/mol. The zero-order valence-corrected chi connectivity index (χ0v) is 11.4. The van der Waals surface area contributed by atoms with E-state index >= 15 is 0 Å². The molecule has 0 saturated carbocycles. The van der Waals surface area contributed by atoms with E-state index in [9.17, 15) is 4.79 Å². The number of halogens is 1. The van der Waals surface area contributed by atoms with Crippen molar-refractivity contribution in [3.05, 3.63) is 0 Å². The molecule has 0 N–H and O–H groups in total. The van der Waals surface area contributed by atoms with Gasteiger partial charge in [-0.1, -0.05) is 29.5 Å². The summed E-state index contributed by atoms with van der Waals surface area (Å²) in [6, 6.07) is 0. The summed E-state index contributed by atoms with van der Waals surface area (Å²) in [6.07, 6.45) is -0.181. The van der Waals surface area contributed by atoms with Crippen molar-refractivity contribution in [2.45, 2.75) is 33.3 Å². The van der Waals surface area contributed by atoms with Gasteiger partial charge in [-0.25, -0.2) is 4.79 Å². The minimum Gasteiger partial charge on any atom is -0.444 e. The molecule has 1 aliphatic heterocycles. The topological polar surface area (TPSA) is 29.5 Å². The molecule has 1 saturated heterocycles. The Labute approximate surface area is 99.3 Å². The van der Waals surface area contributed by atoms with Crippen LogP contribution < -0.4 is 0 Å². The standard InChI is InChI=1S/C10H18INO2/c1-9(2,3)14-8(13)12-6-10(4,5-11)7-12/h5-7H2,1-4H3. The lowest BCUT2D eigenvalue weighted by atomic mass is 9.85. The Hall–Kier alpha value is 0. The van der Waals surface area contributed by atoms with Crippen molar-refractivity contribution in [1.29, 1.82) is 0 Å². The molecule has 1 fully saturated rings. The summed E-state index contributed by atoms with van der Waals surface area (Å²) in [7, 11) is 0. The van der Waals surface area contributed by atoms with Crippen molar-refractivity contribution in [2.75, 3.05) is 17.5 Å². The molecule has 0 aromatic carbocycles. The number of amides is 1. The first kappa shape index (κ1) is 12.1. The van der Waals surface area contributed by atoms with E-state index in [0.29, 0.717) is 5.41 Å². The number of hydrogen-bond acceptors (Lipinski definition) is 2. The molecule has 0 bridgehead atoms. The Morgan fingerprint density at radius 2 is 2.00 bits per heavy atom. The molecule has 3 nitrogen and oxygen atoms in total. The summed E-state index contributed by atoms with van der Waals surface area (Å²) >= 11 is 2.36. The highest BCUT2D eigenvalue weighted by atomic mass is 127. The molecule has 0 aromatic heterocycles. The van der Waals surface area contributed by atoms with Crippen molar-refractivity contribution in [2.24, 2.45) is 5.41 Å². The molecule has 1 aliphatic rings. The molecule has 0 unspecified atom stereocenters. The lowest BCUT2D eigenvalue weighted by Crippen LogP contribution is -2.58. The molecule has 0 aromatic rings. The molecule has 0 spiro atoms. The third kappa shape index (κ3) is 3.00. The van der Waals surface area contributed by atoms with E-state index in [1.165, 1.54) is 0 Å². The molecule has 0 aliphatic carbocycles. The van der Waals surface area contributed by atoms with Crippen LogP contribution in [0.15, 0.2) is 0 Å². The first-order chi connectivity index (χ1) is 6.26. The molecule has 14 heavy (non-hydrogen) atoms. The molecule has 1 rings (SSSR count). The predicted molar refractivity (Wildman–Crippen MR) is 64.8 cm³/mol. The van der Waals surface area contributed by atoms with Gasteiger partial charge in [-0.3, -0.25) is 0 Å². The summed E-state index contributed by atoms with van der Waals surface area (Å²) in [5.74, 6) is 0. The molecule has 0 atom stereocenters. The molecule has 1 amide bonds. The van der Waals surface area contributed by atoms with E-state index < -0.39 is 0 Å². The number of alkyl halides is 1. The second-order valence-electron chi connectivity index (χ2n) is 5.28. The Kier molecular flexibility index (Phi) is 3.33. The maximum Gasteiger partial charge on any atom is 0.410 e. The van der Waals surface area contributed by atoms with Gasteiger partial charge in [0.05, 0.1) is 0 Å². The fraction of sp³-hybridized carbons (Fsp3) is 0.900. The molecule has 1 heterocycles. The van der Waals surface area contributed by atoms with E-state index in [0.717, 1.165) is 17.5 Å². The minimum absolute atomic E-state index is 0.181. The third-order valence-corrected chi connectivity index (χ3v) is 3.96. The zero-order chi connectivity index (χ0) is 11.0. The van der Waals surface area contributed by atoms with E-state index in [2.05, 4.69) is 29.5 Å². The lowest BCUT2D eigenvalue weighted by molar-refractivity contribution is -0.0195. The van der Waals surface area contributed by atoms with Gasteiger partial charge in [0.15, 0.2) is 0 Å². The lowest BCUT2D eigenvalue weighted by Gasteiger charge is -2.47. The minimum atomic E-state index is -0.382. The summed E-state index contributed by atoms with van der Waals surface area (Å²) in [5.41, 5.74) is -0.0785. The second-order valence-corrected chi connectivity index (χ2v) is 6.04. The molecular weight excluding hydrogens is 293 g/mol. The normalized spacial score (nSPS) is 20.2. The van der Waals surface area contributed by atoms with Crippen molar-refractivity contribution in [1.82, 2.24) is 4.90 Å². The highest BCUT2D eigenvalue weighted by Crippen LogP contribution is 2.32. The van der Waals surface area contributed by atoms with Gasteiger partial charge < -0.3 is 9.64 Å². The zero-order valence-electron chi connectivity index (χ0n) is 9.26. The van der Waals surface area contributed by atoms with E-state index in [1.807, 2.05) is 20.8 Å². The van der Waals surface area contributed by atoms with Gasteiger partial charge in [0.25, 0.3) is 0 Å². The molecular formula is C10H18INO2. The van der Waals surface area contributed by atoms with Crippen molar-refractivity contribution in [3.63, 3.8) is 0 Å². The van der Waals surface area contributed by atoms with Gasteiger partial charge >= 0.3 is 6.09 Å². The maximum atomic E-state index is 11.5. The maximum absolute atomic E-state index is 11.5. The van der Waals surface area contributed by atoms with Gasteiger partial charge in [0.1, 0.15) is 5.60 Å². The Bertz CT molecular complexity index is 229. The van der Waals surface area contributed by atoms with Gasteiger partial charge in [-0.2, -0.15) is 0 Å². The predicted octanol–water partition coefficient (Wildman–Crippen LogP) is 2.68. The monoisotopic (exact) mass is 311 g/mol. The molecule has 82 valence electrons. The van der Waals surface area contributed by atoms with Crippen LogP contribution in [0, 0.1) is 5.41 Å². The number of likely N-dealkylation sites (tertiary alicyclic amines) is 1. The fourth-order valence-corrected chi connectivity index (χ4v) is 1.90. The van der Waals surface area contributed by atoms with Gasteiger partial charge in [-0.15, -0.1) is 0 Å². The van der Waals surface area contributed by atoms with E-state index in [4.69, 9.17) is 4.74 Å². The number of rotatable bonds is 1. The van der Waals surface area contributed by atoms with Crippen LogP contribution in [0.25, 0.3) is 0 Å². The number of ether oxygens (including phenoxy) is 1. The van der Waals surface area contributed by atoms with Crippen molar-refractivity contribution in [3.8, 4) is 0 Å². The number of carbonyl (C=O) groups is 1. The highest BCUT2D eigenvalue weighted by molar-refractivity contribution is 14.1. The highest BCUT2D eigenvalue weighted by Gasteiger charge is 2.41. The summed E-state index contributed by atoms with van der Waals surface area (Å²) in [5, 5.41) is 0. The van der Waals surface area contributed by atoms with Crippen LogP contribution in [0.3, 0.4) is 0 Å². The Balaban J connectivity index is 2.37. The van der Waals surface area contributed by atoms with Gasteiger partial charge in [0.2, 0.25) is 0 Å². The van der Waals surface area contributed by atoms with Crippen LogP contribution in [-0.4, -0.2) is 34.1 Å². The van der Waals surface area contributed by atoms with Crippen LogP contribution in [0.1, 0.15) is 27.7 Å². The van der Waals surface area contributed by atoms with Crippen LogP contribution in [-0.2, 0) is 4.74 Å². The van der Waals surface area contributed by atoms with E-state index in [-0.39, 0.29) is 11.7 Å². The average Bonchev–Trinajstić information content (AvgIpc) is 1.95. The van der Waals surface area contributed by atoms with Crippen LogP contribution in [0.5, 0.6) is 0 Å². The SMILES string of the molecule is CC1(CI)CN(C(=O)OC(C)(C)C)C1. The number of hydrogen-bond donors (Lipinski definition) is 0. The number of carbonyl (C=O) groups excluding carboxylic acids is 1. The van der Waals surface area contributed by atoms with E-state index in [1.54, 1.807) is 4.90 Å². The van der Waals surface area contributed by atoms with Crippen LogP contribution >= 0.6 is 22.6 Å². The van der Waals surface area contributed by atoms with Crippen LogP contribution in [0.2, 0.25) is 0 Å². The summed E-state index contributed by atoms with van der Waals surface area (Å²) < 4.78 is 6.35. The van der Waals surface area contributed by atoms with Crippen molar-refractivity contribution < 1.29 is 9.53 Å². The summed E-state index contributed by atoms with van der Waals surface area (Å²) in [4.78, 5) is 13.3. The van der Waals surface area contributed by atoms with Gasteiger partial charge in [0, 0.05) is 22.9 Å². The first-order valence-corrected chi connectivity index (χ1v) is 6.32. The largest absolute Gasteiger partial charge is 0.444 e. The number of nitrogens with zero attached hydrogens (tertiary/aromatic N) is 1. The van der Waals surface area contributed by atoms with Gasteiger partial charge in [-0.05, 0) is 20.8 Å². The summed E-state index contributed by atoms with van der Waals surface area (Å²) in [6.45, 7) is 9.52. The fourth-order valence-electron chi connectivity index (χ4n) is 1.42. The first-order valence-electron chi connectivity index (χ1n) is 4.80. The molecule has 0 radical (unpaired) electrons. The van der Waals surface area contributed by atoms with Crippen molar-refractivity contribution >= 4 is 28.7 Å². The smallest absolute Gasteiger partial charge is 0.410 e. The quantitative estimate of drug-likeness (QED) is 0.550. The Morgan fingerprint density at radius 1 is 1.50 bits per heavy atom. The second kappa shape index (κ2) is 3.87. The molecule has 4 heteroatoms.